The van der Waals surface area contributed by atoms with Crippen molar-refractivity contribution in [1.82, 2.24) is 0 Å². The molecule has 1 N–H and O–H groups in total. The number of hydrogen-bond acceptors (Lipinski definition) is 5. The van der Waals surface area contributed by atoms with Crippen LogP contribution in [-0.2, 0) is 27.8 Å². The highest BCUT2D eigenvalue weighted by Gasteiger charge is 2.34. The zero-order valence-corrected chi connectivity index (χ0v) is 23.0. The molecule has 1 heterocycles. The largest absolute Gasteiger partial charge is 0.483 e. The molecule has 0 radical (unpaired) electrons. The second kappa shape index (κ2) is 9.79. The van der Waals surface area contributed by atoms with Gasteiger partial charge in [0.05, 0.1) is 12.7 Å². The van der Waals surface area contributed by atoms with Gasteiger partial charge in [-0.1, -0.05) is 57.5 Å². The van der Waals surface area contributed by atoms with Gasteiger partial charge < -0.3 is 14.8 Å². The zero-order valence-electron chi connectivity index (χ0n) is 20.6. The molecule has 5 nitrogen and oxygen atoms in total. The van der Waals surface area contributed by atoms with Crippen LogP contribution in [0.1, 0.15) is 74.3 Å². The third-order valence-corrected chi connectivity index (χ3v) is 7.90. The molecular weight excluding hydrogens is 502 g/mol. The average Bonchev–Trinajstić information content (AvgIpc) is 3.07. The van der Waals surface area contributed by atoms with E-state index >= 15 is 0 Å². The maximum Gasteiger partial charge on any atom is 0.341 e. The lowest BCUT2D eigenvalue weighted by molar-refractivity contribution is -0.118. The van der Waals surface area contributed by atoms with Crippen LogP contribution in [0.3, 0.4) is 0 Å². The van der Waals surface area contributed by atoms with E-state index in [1.807, 2.05) is 18.2 Å². The Labute approximate surface area is 209 Å². The third kappa shape index (κ3) is 5.99. The molecule has 0 saturated heterocycles. The van der Waals surface area contributed by atoms with Crippen molar-refractivity contribution in [3.05, 3.63) is 44.2 Å². The zero-order chi connectivity index (χ0) is 24.6. The molecule has 1 aromatic carbocycles. The predicted octanol–water partition coefficient (Wildman–Crippen LogP) is 6.76. The second-order valence-electron chi connectivity index (χ2n) is 10.7. The molecule has 0 fully saturated rings. The van der Waals surface area contributed by atoms with Gasteiger partial charge in [-0.25, -0.2) is 4.79 Å². The third-order valence-electron chi connectivity index (χ3n) is 6.24. The van der Waals surface area contributed by atoms with Crippen molar-refractivity contribution < 1.29 is 19.1 Å². The van der Waals surface area contributed by atoms with Gasteiger partial charge in [0, 0.05) is 14.9 Å². The predicted molar refractivity (Wildman–Crippen MR) is 138 cm³/mol. The second-order valence-corrected chi connectivity index (χ2v) is 12.8. The van der Waals surface area contributed by atoms with E-state index in [4.69, 9.17) is 9.47 Å². The fraction of sp³-hybridized carbons (Fsp3) is 0.538. The first-order valence-electron chi connectivity index (χ1n) is 11.3. The van der Waals surface area contributed by atoms with E-state index in [9.17, 15) is 9.59 Å². The molecule has 3 rings (SSSR count). The quantitative estimate of drug-likeness (QED) is 0.429. The molecule has 1 unspecified atom stereocenters. The van der Waals surface area contributed by atoms with Crippen LogP contribution in [0.15, 0.2) is 22.7 Å². The Morgan fingerprint density at radius 1 is 1.18 bits per heavy atom. The lowest BCUT2D eigenvalue weighted by Gasteiger charge is -2.33. The molecule has 0 saturated carbocycles. The van der Waals surface area contributed by atoms with Gasteiger partial charge in [-0.05, 0) is 59.8 Å². The number of benzene rings is 1. The maximum absolute atomic E-state index is 12.8. The Hall–Kier alpha value is -1.86. The van der Waals surface area contributed by atoms with Crippen LogP contribution in [0.4, 0.5) is 5.00 Å². The minimum atomic E-state index is -0.402. The molecule has 7 heteroatoms. The van der Waals surface area contributed by atoms with E-state index in [1.165, 1.54) is 23.3 Å². The molecule has 180 valence electrons. The Kier molecular flexibility index (Phi) is 7.64. The number of hydrogen-bond donors (Lipinski definition) is 1. The average molecular weight is 537 g/mol. The Balaban J connectivity index is 1.79. The molecule has 1 aliphatic carbocycles. The maximum atomic E-state index is 12.8. The molecule has 1 amide bonds. The Morgan fingerprint density at radius 3 is 2.48 bits per heavy atom. The van der Waals surface area contributed by atoms with E-state index in [0.717, 1.165) is 34.9 Å². The number of carbonyl (C=O) groups is 2. The van der Waals surface area contributed by atoms with Gasteiger partial charge in [0.25, 0.3) is 5.91 Å². The lowest BCUT2D eigenvalue weighted by atomic mass is 9.72. The van der Waals surface area contributed by atoms with Crippen molar-refractivity contribution in [1.29, 1.82) is 0 Å². The molecule has 2 aromatic rings. The molecule has 33 heavy (non-hydrogen) atoms. The monoisotopic (exact) mass is 535 g/mol. The van der Waals surface area contributed by atoms with Crippen molar-refractivity contribution in [3.63, 3.8) is 0 Å². The number of thiophene rings is 1. The summed E-state index contributed by atoms with van der Waals surface area (Å²) in [5, 5.41) is 3.48. The van der Waals surface area contributed by atoms with Crippen LogP contribution >= 0.6 is 27.3 Å². The summed E-state index contributed by atoms with van der Waals surface area (Å²) in [7, 11) is 1.38. The number of nitrogens with one attached hydrogen (secondary N) is 1. The van der Waals surface area contributed by atoms with Crippen molar-refractivity contribution in [2.75, 3.05) is 19.0 Å². The number of halogens is 1. The summed E-state index contributed by atoms with van der Waals surface area (Å²) in [6, 6.07) is 5.78. The minimum absolute atomic E-state index is 0.135. The molecular formula is C26H34BrNO4S. The summed E-state index contributed by atoms with van der Waals surface area (Å²) in [6.07, 6.45) is 2.75. The fourth-order valence-corrected chi connectivity index (χ4v) is 5.94. The van der Waals surface area contributed by atoms with Crippen LogP contribution in [0.2, 0.25) is 0 Å². The standard InChI is InChI=1S/C26H34BrNO4S/c1-25(2,3)15-8-10-17-20(12-15)33-23(22(17)24(30)31-7)28-21(29)14-32-19-11-9-16(27)13-18(19)26(4,5)6/h9,11,13,15H,8,10,12,14H2,1-7H3,(H,28,29). The molecule has 1 aliphatic rings. The number of anilines is 1. The van der Waals surface area contributed by atoms with Gasteiger partial charge in [0.2, 0.25) is 0 Å². The Bertz CT molecular complexity index is 1050. The van der Waals surface area contributed by atoms with Gasteiger partial charge in [-0.15, -0.1) is 11.3 Å². The van der Waals surface area contributed by atoms with Gasteiger partial charge in [0.15, 0.2) is 6.61 Å². The van der Waals surface area contributed by atoms with Crippen molar-refractivity contribution in [2.24, 2.45) is 11.3 Å². The van der Waals surface area contributed by atoms with Crippen molar-refractivity contribution >= 4 is 44.1 Å². The minimum Gasteiger partial charge on any atom is -0.483 e. The number of rotatable bonds is 5. The Morgan fingerprint density at radius 2 is 1.88 bits per heavy atom. The van der Waals surface area contributed by atoms with Gasteiger partial charge in [-0.3, -0.25) is 4.79 Å². The molecule has 1 aromatic heterocycles. The van der Waals surface area contributed by atoms with E-state index in [0.29, 0.717) is 22.2 Å². The molecule has 0 aliphatic heterocycles. The molecule has 0 spiro atoms. The normalized spacial score (nSPS) is 16.2. The number of methoxy groups -OCH3 is 1. The lowest BCUT2D eigenvalue weighted by Crippen LogP contribution is -2.26. The number of esters is 1. The van der Waals surface area contributed by atoms with Crippen molar-refractivity contribution in [2.45, 2.75) is 66.2 Å². The highest BCUT2D eigenvalue weighted by Crippen LogP contribution is 2.44. The van der Waals surface area contributed by atoms with Crippen molar-refractivity contribution in [3.8, 4) is 5.75 Å². The van der Waals surface area contributed by atoms with Gasteiger partial charge in [-0.2, -0.15) is 0 Å². The number of ether oxygens (including phenoxy) is 2. The molecule has 0 bridgehead atoms. The fourth-order valence-electron chi connectivity index (χ4n) is 4.25. The summed E-state index contributed by atoms with van der Waals surface area (Å²) >= 11 is 5.00. The van der Waals surface area contributed by atoms with E-state index in [-0.39, 0.29) is 23.3 Å². The number of carbonyl (C=O) groups excluding carboxylic acids is 2. The first-order valence-corrected chi connectivity index (χ1v) is 12.9. The highest BCUT2D eigenvalue weighted by atomic mass is 79.9. The van der Waals surface area contributed by atoms with E-state index in [1.54, 1.807) is 0 Å². The summed E-state index contributed by atoms with van der Waals surface area (Å²) < 4.78 is 11.9. The SMILES string of the molecule is COC(=O)c1c(NC(=O)COc2ccc(Br)cc2C(C)(C)C)sc2c1CCC(C(C)(C)C)C2. The van der Waals surface area contributed by atoms with Crippen LogP contribution < -0.4 is 10.1 Å². The first-order chi connectivity index (χ1) is 15.3. The van der Waals surface area contributed by atoms with E-state index < -0.39 is 5.97 Å². The first kappa shape index (κ1) is 25.8. The number of amides is 1. The summed E-state index contributed by atoms with van der Waals surface area (Å²) in [5.74, 6) is 0.511. The summed E-state index contributed by atoms with van der Waals surface area (Å²) in [4.78, 5) is 26.6. The van der Waals surface area contributed by atoms with Gasteiger partial charge in [0.1, 0.15) is 10.8 Å². The van der Waals surface area contributed by atoms with E-state index in [2.05, 4.69) is 62.8 Å². The van der Waals surface area contributed by atoms with Crippen LogP contribution in [0, 0.1) is 11.3 Å². The summed E-state index contributed by atoms with van der Waals surface area (Å²) in [5.41, 5.74) is 2.59. The van der Waals surface area contributed by atoms with Crippen LogP contribution in [-0.4, -0.2) is 25.6 Å². The number of fused-ring (bicyclic) bond motifs is 1. The topological polar surface area (TPSA) is 64.6 Å². The highest BCUT2D eigenvalue weighted by molar-refractivity contribution is 9.10. The van der Waals surface area contributed by atoms with Crippen LogP contribution in [0.25, 0.3) is 0 Å². The smallest absolute Gasteiger partial charge is 0.341 e. The van der Waals surface area contributed by atoms with Crippen LogP contribution in [0.5, 0.6) is 5.75 Å². The van der Waals surface area contributed by atoms with Gasteiger partial charge >= 0.3 is 5.97 Å². The molecule has 1 atom stereocenters. The summed E-state index contributed by atoms with van der Waals surface area (Å²) in [6.45, 7) is 12.9.